The van der Waals surface area contributed by atoms with Crippen molar-refractivity contribution in [1.82, 2.24) is 0 Å². The Bertz CT molecular complexity index is 1560. The van der Waals surface area contributed by atoms with Crippen molar-refractivity contribution >= 4 is 53.5 Å². The van der Waals surface area contributed by atoms with Crippen LogP contribution in [0.2, 0.25) is 0 Å². The van der Waals surface area contributed by atoms with Gasteiger partial charge in [-0.25, -0.2) is 9.80 Å². The summed E-state index contributed by atoms with van der Waals surface area (Å²) in [6.45, 7) is 1.91. The number of imide groups is 2. The smallest absolute Gasteiger partial charge is 0.537 e. The molecule has 0 atom stereocenters. The number of aryl methyl sites for hydroxylation is 1. The van der Waals surface area contributed by atoms with Crippen molar-refractivity contribution in [3.05, 3.63) is 101 Å². The SMILES string of the molecule is Cc1ccc(N2C(=O)c3ccc4c5c(ccc(c35)C2=O)C(=O)N(c2ccc(O[B]O)cc2)C4=O)cc1. The van der Waals surface area contributed by atoms with E-state index in [1.54, 1.807) is 12.1 Å². The van der Waals surface area contributed by atoms with Gasteiger partial charge < -0.3 is 9.68 Å². The molecule has 6 rings (SSSR count). The maximum absolute atomic E-state index is 13.5. The third kappa shape index (κ3) is 3.00. The molecule has 0 unspecified atom stereocenters. The van der Waals surface area contributed by atoms with Crippen molar-refractivity contribution in [2.24, 2.45) is 0 Å². The Labute approximate surface area is 205 Å². The Morgan fingerprint density at radius 1 is 0.583 bits per heavy atom. The fourth-order valence-corrected chi connectivity index (χ4v) is 4.77. The summed E-state index contributed by atoms with van der Waals surface area (Å²) >= 11 is 0. The second-order valence-electron chi connectivity index (χ2n) is 8.52. The fourth-order valence-electron chi connectivity index (χ4n) is 4.77. The van der Waals surface area contributed by atoms with Crippen molar-refractivity contribution in [2.75, 3.05) is 9.80 Å². The highest BCUT2D eigenvalue weighted by molar-refractivity contribution is 6.42. The van der Waals surface area contributed by atoms with Gasteiger partial charge in [0.05, 0.1) is 11.4 Å². The van der Waals surface area contributed by atoms with Gasteiger partial charge in [0.25, 0.3) is 23.6 Å². The van der Waals surface area contributed by atoms with Gasteiger partial charge in [-0.05, 0) is 67.6 Å². The van der Waals surface area contributed by atoms with Crippen molar-refractivity contribution < 1.29 is 28.9 Å². The van der Waals surface area contributed by atoms with Crippen LogP contribution in [0.4, 0.5) is 11.4 Å². The Kier molecular flexibility index (Phi) is 4.77. The quantitative estimate of drug-likeness (QED) is 0.357. The Balaban J connectivity index is 1.49. The van der Waals surface area contributed by atoms with Crippen molar-refractivity contribution in [1.29, 1.82) is 0 Å². The van der Waals surface area contributed by atoms with Crippen molar-refractivity contribution in [2.45, 2.75) is 6.92 Å². The zero-order chi connectivity index (χ0) is 25.1. The molecular weight excluding hydrogens is 459 g/mol. The molecule has 0 bridgehead atoms. The zero-order valence-electron chi connectivity index (χ0n) is 18.9. The van der Waals surface area contributed by atoms with Gasteiger partial charge in [0.1, 0.15) is 5.75 Å². The summed E-state index contributed by atoms with van der Waals surface area (Å²) in [6.07, 6.45) is 0. The second kappa shape index (κ2) is 7.89. The number of benzene rings is 4. The van der Waals surface area contributed by atoms with E-state index >= 15 is 0 Å². The van der Waals surface area contributed by atoms with Gasteiger partial charge in [0, 0.05) is 33.0 Å². The molecule has 1 radical (unpaired) electrons. The van der Waals surface area contributed by atoms with Crippen LogP contribution in [0.1, 0.15) is 47.0 Å². The third-order valence-corrected chi connectivity index (χ3v) is 6.47. The van der Waals surface area contributed by atoms with E-state index in [-0.39, 0.29) is 22.3 Å². The number of carbonyl (C=O) groups is 4. The highest BCUT2D eigenvalue weighted by Crippen LogP contribution is 2.40. The van der Waals surface area contributed by atoms with Gasteiger partial charge in [-0.1, -0.05) is 17.7 Å². The molecule has 1 N–H and O–H groups in total. The second-order valence-corrected chi connectivity index (χ2v) is 8.52. The van der Waals surface area contributed by atoms with Crippen LogP contribution in [0.25, 0.3) is 10.8 Å². The van der Waals surface area contributed by atoms with E-state index in [2.05, 4.69) is 0 Å². The molecule has 0 spiro atoms. The zero-order valence-corrected chi connectivity index (χ0v) is 18.9. The van der Waals surface area contributed by atoms with Gasteiger partial charge in [-0.15, -0.1) is 0 Å². The average molecular weight is 475 g/mol. The van der Waals surface area contributed by atoms with Crippen LogP contribution in [0.15, 0.2) is 72.8 Å². The van der Waals surface area contributed by atoms with Gasteiger partial charge in [0.2, 0.25) is 0 Å². The number of hydrogen-bond donors (Lipinski definition) is 1. The van der Waals surface area contributed by atoms with Crippen LogP contribution >= 0.6 is 0 Å². The van der Waals surface area contributed by atoms with E-state index in [0.29, 0.717) is 35.6 Å². The summed E-state index contributed by atoms with van der Waals surface area (Å²) in [6, 6.07) is 19.2. The molecule has 0 saturated carbocycles. The van der Waals surface area contributed by atoms with Crippen LogP contribution < -0.4 is 14.5 Å². The lowest BCUT2D eigenvalue weighted by Gasteiger charge is -2.32. The standard InChI is InChI=1S/C27H16BN2O6/c1-14-2-4-15(5-3-14)29-24(31)18-10-12-20-23-21(13-11-19(22(18)23)25(29)32)27(34)30(26(20)33)16-6-8-17(9-7-16)36-28-35/h2-13,35H,1H3. The number of anilines is 2. The molecule has 8 nitrogen and oxygen atoms in total. The maximum atomic E-state index is 13.5. The molecular formula is C27H16BN2O6. The predicted octanol–water partition coefficient (Wildman–Crippen LogP) is 3.65. The molecule has 9 heteroatoms. The highest BCUT2D eigenvalue weighted by Gasteiger charge is 2.40. The molecule has 0 aromatic heterocycles. The molecule has 4 amide bonds. The molecule has 36 heavy (non-hydrogen) atoms. The lowest BCUT2D eigenvalue weighted by molar-refractivity contribution is 0.0873. The topological polar surface area (TPSA) is 104 Å². The average Bonchev–Trinajstić information content (AvgIpc) is 2.88. The molecule has 2 aliphatic heterocycles. The molecule has 0 aliphatic carbocycles. The first kappa shape index (κ1) is 21.8. The summed E-state index contributed by atoms with van der Waals surface area (Å²) in [5, 5.41) is 9.41. The minimum absolute atomic E-state index is 0.221. The maximum Gasteiger partial charge on any atom is 0.569 e. The minimum Gasteiger partial charge on any atom is -0.537 e. The Hall–Kier alpha value is -4.76. The van der Waals surface area contributed by atoms with Gasteiger partial charge in [-0.3, -0.25) is 19.2 Å². The van der Waals surface area contributed by atoms with E-state index < -0.39 is 23.6 Å². The molecule has 173 valence electrons. The molecule has 2 heterocycles. The molecule has 4 aromatic rings. The molecule has 0 fully saturated rings. The van der Waals surface area contributed by atoms with Gasteiger partial charge in [-0.2, -0.15) is 0 Å². The fraction of sp³-hybridized carbons (Fsp3) is 0.0370. The molecule has 0 saturated heterocycles. The van der Waals surface area contributed by atoms with Crippen LogP contribution in [0.5, 0.6) is 5.75 Å². The van der Waals surface area contributed by atoms with E-state index in [1.165, 1.54) is 48.5 Å². The van der Waals surface area contributed by atoms with E-state index in [0.717, 1.165) is 15.4 Å². The summed E-state index contributed by atoms with van der Waals surface area (Å²) in [5.41, 5.74) is 2.69. The number of hydrogen-bond acceptors (Lipinski definition) is 6. The molecule has 2 aliphatic rings. The highest BCUT2D eigenvalue weighted by atomic mass is 16.5. The molecule has 4 aromatic carbocycles. The lowest BCUT2D eigenvalue weighted by atomic mass is 9.85. The normalized spacial score (nSPS) is 14.5. The summed E-state index contributed by atoms with van der Waals surface area (Å²) in [7, 11) is 0.533. The third-order valence-electron chi connectivity index (χ3n) is 6.47. The van der Waals surface area contributed by atoms with Crippen LogP contribution in [-0.4, -0.2) is 36.3 Å². The first-order valence-electron chi connectivity index (χ1n) is 11.1. The number of carbonyl (C=O) groups excluding carboxylic acids is 4. The number of nitrogens with zero attached hydrogens (tertiary/aromatic N) is 2. The van der Waals surface area contributed by atoms with E-state index in [4.69, 9.17) is 9.68 Å². The summed E-state index contributed by atoms with van der Waals surface area (Å²) < 4.78 is 4.89. The largest absolute Gasteiger partial charge is 0.569 e. The van der Waals surface area contributed by atoms with Crippen LogP contribution in [-0.2, 0) is 0 Å². The van der Waals surface area contributed by atoms with E-state index in [1.807, 2.05) is 19.1 Å². The lowest BCUT2D eigenvalue weighted by Crippen LogP contribution is -2.43. The van der Waals surface area contributed by atoms with Gasteiger partial charge in [0.15, 0.2) is 0 Å². The minimum atomic E-state index is -0.570. The van der Waals surface area contributed by atoms with Crippen LogP contribution in [0, 0.1) is 6.92 Å². The van der Waals surface area contributed by atoms with E-state index in [9.17, 15) is 19.2 Å². The summed E-state index contributed by atoms with van der Waals surface area (Å²) in [5.74, 6) is -1.84. The first-order chi connectivity index (χ1) is 17.4. The van der Waals surface area contributed by atoms with Crippen molar-refractivity contribution in [3.63, 3.8) is 0 Å². The van der Waals surface area contributed by atoms with Crippen LogP contribution in [0.3, 0.4) is 0 Å². The van der Waals surface area contributed by atoms with Crippen molar-refractivity contribution in [3.8, 4) is 5.75 Å². The predicted molar refractivity (Wildman–Crippen MR) is 132 cm³/mol. The monoisotopic (exact) mass is 475 g/mol. The number of rotatable bonds is 4. The number of amides is 4. The summed E-state index contributed by atoms with van der Waals surface area (Å²) in [4.78, 5) is 56.0. The van der Waals surface area contributed by atoms with Gasteiger partial charge >= 0.3 is 7.69 Å². The Morgan fingerprint density at radius 2 is 0.944 bits per heavy atom. The first-order valence-corrected chi connectivity index (χ1v) is 11.1. The Morgan fingerprint density at radius 3 is 1.31 bits per heavy atom.